The summed E-state index contributed by atoms with van der Waals surface area (Å²) in [4.78, 5) is 10.7. The van der Waals surface area contributed by atoms with Crippen LogP contribution in [0.5, 0.6) is 0 Å². The van der Waals surface area contributed by atoms with E-state index in [9.17, 15) is 22.0 Å². The van der Waals surface area contributed by atoms with Gasteiger partial charge < -0.3 is 5.73 Å². The number of nitrogens with zero attached hydrogens (tertiary/aromatic N) is 1. The molecule has 1 aromatic carbocycles. The van der Waals surface area contributed by atoms with E-state index in [2.05, 4.69) is 0 Å². The topological polar surface area (TPSA) is 80.5 Å². The minimum absolute atomic E-state index is 0.0597. The summed E-state index contributed by atoms with van der Waals surface area (Å²) in [5.41, 5.74) is 5.18. The Hall–Kier alpha value is -1.54. The number of amides is 1. The number of hydrogen-bond donors (Lipinski definition) is 1. The van der Waals surface area contributed by atoms with Crippen molar-refractivity contribution in [3.63, 3.8) is 0 Å². The molecule has 1 fully saturated rings. The number of hydrogen-bond acceptors (Lipinski definition) is 3. The van der Waals surface area contributed by atoms with Gasteiger partial charge in [0.15, 0.2) is 0 Å². The summed E-state index contributed by atoms with van der Waals surface area (Å²) in [5.74, 6) is -3.08. The normalized spacial score (nSPS) is 20.8. The van der Waals surface area contributed by atoms with Gasteiger partial charge in [0.05, 0.1) is 10.8 Å². The number of piperidine rings is 1. The molecule has 1 amide bonds. The van der Waals surface area contributed by atoms with Crippen LogP contribution in [0.2, 0.25) is 0 Å². The SMILES string of the molecule is NC(=O)[C@@H]1CCCN(S(=O)(=O)c2cc(F)cc(F)c2)C1. The van der Waals surface area contributed by atoms with Gasteiger partial charge in [0.25, 0.3) is 0 Å². The van der Waals surface area contributed by atoms with E-state index in [0.29, 0.717) is 18.9 Å². The zero-order valence-corrected chi connectivity index (χ0v) is 11.4. The van der Waals surface area contributed by atoms with E-state index < -0.39 is 38.4 Å². The Morgan fingerprint density at radius 1 is 1.25 bits per heavy atom. The molecule has 1 heterocycles. The number of sulfonamides is 1. The fourth-order valence-corrected chi connectivity index (χ4v) is 3.79. The highest BCUT2D eigenvalue weighted by atomic mass is 32.2. The summed E-state index contributed by atoms with van der Waals surface area (Å²) in [6.07, 6.45) is 0.990. The highest BCUT2D eigenvalue weighted by Crippen LogP contribution is 2.24. The van der Waals surface area contributed by atoms with Crippen molar-refractivity contribution >= 4 is 15.9 Å². The lowest BCUT2D eigenvalue weighted by Crippen LogP contribution is -2.44. The van der Waals surface area contributed by atoms with Crippen LogP contribution in [0.3, 0.4) is 0 Å². The molecule has 110 valence electrons. The van der Waals surface area contributed by atoms with Crippen molar-refractivity contribution in [3.8, 4) is 0 Å². The molecule has 1 aliphatic rings. The first kappa shape index (κ1) is 14.9. The van der Waals surface area contributed by atoms with Crippen molar-refractivity contribution in [2.75, 3.05) is 13.1 Å². The molecule has 1 aromatic rings. The number of nitrogens with two attached hydrogens (primary N) is 1. The van der Waals surface area contributed by atoms with Gasteiger partial charge in [0.1, 0.15) is 11.6 Å². The van der Waals surface area contributed by atoms with Crippen LogP contribution in [-0.2, 0) is 14.8 Å². The fraction of sp³-hybridized carbons (Fsp3) is 0.417. The van der Waals surface area contributed by atoms with Gasteiger partial charge >= 0.3 is 0 Å². The summed E-state index contributed by atoms with van der Waals surface area (Å²) >= 11 is 0. The maximum Gasteiger partial charge on any atom is 0.243 e. The second-order valence-electron chi connectivity index (χ2n) is 4.71. The van der Waals surface area contributed by atoms with Crippen LogP contribution in [0, 0.1) is 17.6 Å². The Balaban J connectivity index is 2.32. The lowest BCUT2D eigenvalue weighted by Gasteiger charge is -2.30. The van der Waals surface area contributed by atoms with Gasteiger partial charge in [-0.3, -0.25) is 4.79 Å². The molecular weight excluding hydrogens is 290 g/mol. The fourth-order valence-electron chi connectivity index (χ4n) is 2.22. The van der Waals surface area contributed by atoms with Crippen molar-refractivity contribution in [2.45, 2.75) is 17.7 Å². The molecule has 0 radical (unpaired) electrons. The molecule has 20 heavy (non-hydrogen) atoms. The highest BCUT2D eigenvalue weighted by molar-refractivity contribution is 7.89. The first-order chi connectivity index (χ1) is 9.30. The van der Waals surface area contributed by atoms with Crippen LogP contribution in [0.25, 0.3) is 0 Å². The lowest BCUT2D eigenvalue weighted by atomic mass is 9.99. The Morgan fingerprint density at radius 2 is 1.85 bits per heavy atom. The van der Waals surface area contributed by atoms with Gasteiger partial charge in [-0.25, -0.2) is 17.2 Å². The number of carbonyl (C=O) groups excluding carboxylic acids is 1. The number of halogens is 2. The zero-order valence-electron chi connectivity index (χ0n) is 10.6. The van der Waals surface area contributed by atoms with Crippen LogP contribution < -0.4 is 5.73 Å². The molecule has 2 N–H and O–H groups in total. The number of primary amides is 1. The summed E-state index contributed by atoms with van der Waals surface area (Å²) in [6.45, 7) is 0.139. The molecule has 5 nitrogen and oxygen atoms in total. The first-order valence-electron chi connectivity index (χ1n) is 6.06. The van der Waals surface area contributed by atoms with Gasteiger partial charge in [-0.15, -0.1) is 0 Å². The van der Waals surface area contributed by atoms with Gasteiger partial charge in [-0.1, -0.05) is 0 Å². The summed E-state index contributed by atoms with van der Waals surface area (Å²) in [5, 5.41) is 0. The summed E-state index contributed by atoms with van der Waals surface area (Å²) in [6, 6.07) is 2.11. The van der Waals surface area contributed by atoms with E-state index in [4.69, 9.17) is 5.73 Å². The maximum absolute atomic E-state index is 13.1. The van der Waals surface area contributed by atoms with Crippen LogP contribution in [-0.4, -0.2) is 31.7 Å². The van der Waals surface area contributed by atoms with E-state index in [1.165, 1.54) is 0 Å². The first-order valence-corrected chi connectivity index (χ1v) is 7.50. The second kappa shape index (κ2) is 5.45. The Morgan fingerprint density at radius 3 is 2.40 bits per heavy atom. The van der Waals surface area contributed by atoms with Gasteiger partial charge in [-0.2, -0.15) is 4.31 Å². The minimum Gasteiger partial charge on any atom is -0.369 e. The monoisotopic (exact) mass is 304 g/mol. The van der Waals surface area contributed by atoms with E-state index in [-0.39, 0.29) is 13.1 Å². The average molecular weight is 304 g/mol. The molecule has 8 heteroatoms. The molecule has 2 rings (SSSR count). The molecule has 0 unspecified atom stereocenters. The van der Waals surface area contributed by atoms with Crippen molar-refractivity contribution in [1.82, 2.24) is 4.31 Å². The standard InChI is InChI=1S/C12H14F2N2O3S/c13-9-4-10(14)6-11(5-9)20(18,19)16-3-1-2-8(7-16)12(15)17/h4-6,8H,1-3,7H2,(H2,15,17)/t8-/m1/s1. The minimum atomic E-state index is -4.03. The van der Waals surface area contributed by atoms with Crippen LogP contribution in [0.15, 0.2) is 23.1 Å². The number of carbonyl (C=O) groups is 1. The van der Waals surface area contributed by atoms with Gasteiger partial charge in [-0.05, 0) is 25.0 Å². The molecule has 0 aromatic heterocycles. The number of benzene rings is 1. The smallest absolute Gasteiger partial charge is 0.243 e. The second-order valence-corrected chi connectivity index (χ2v) is 6.65. The third-order valence-electron chi connectivity index (χ3n) is 3.26. The maximum atomic E-state index is 13.1. The van der Waals surface area contributed by atoms with Crippen molar-refractivity contribution < 1.29 is 22.0 Å². The van der Waals surface area contributed by atoms with Crippen molar-refractivity contribution in [2.24, 2.45) is 11.7 Å². The summed E-state index contributed by atoms with van der Waals surface area (Å²) < 4.78 is 51.9. The largest absolute Gasteiger partial charge is 0.369 e. The molecule has 1 atom stereocenters. The van der Waals surface area contributed by atoms with E-state index >= 15 is 0 Å². The van der Waals surface area contributed by atoms with Gasteiger partial charge in [0, 0.05) is 19.2 Å². The van der Waals surface area contributed by atoms with E-state index in [1.54, 1.807) is 0 Å². The molecule has 0 saturated carbocycles. The Bertz CT molecular complexity index is 613. The van der Waals surface area contributed by atoms with Crippen molar-refractivity contribution in [1.29, 1.82) is 0 Å². The van der Waals surface area contributed by atoms with Crippen LogP contribution >= 0.6 is 0 Å². The Kier molecular flexibility index (Phi) is 4.05. The van der Waals surface area contributed by atoms with Gasteiger partial charge in [0.2, 0.25) is 15.9 Å². The molecule has 1 aliphatic heterocycles. The molecule has 1 saturated heterocycles. The molecule has 0 spiro atoms. The van der Waals surface area contributed by atoms with Crippen molar-refractivity contribution in [3.05, 3.63) is 29.8 Å². The zero-order chi connectivity index (χ0) is 14.9. The molecule has 0 aliphatic carbocycles. The molecule has 0 bridgehead atoms. The Labute approximate surface area is 115 Å². The van der Waals surface area contributed by atoms with E-state index in [0.717, 1.165) is 16.4 Å². The van der Waals surface area contributed by atoms with E-state index in [1.807, 2.05) is 0 Å². The quantitative estimate of drug-likeness (QED) is 0.899. The average Bonchev–Trinajstić information content (AvgIpc) is 2.37. The highest BCUT2D eigenvalue weighted by Gasteiger charge is 2.32. The molecular formula is C12H14F2N2O3S. The van der Waals surface area contributed by atoms with Crippen LogP contribution in [0.1, 0.15) is 12.8 Å². The predicted octanol–water partition coefficient (Wildman–Crippen LogP) is 0.851. The predicted molar refractivity (Wildman–Crippen MR) is 67.0 cm³/mol. The third kappa shape index (κ3) is 2.96. The third-order valence-corrected chi connectivity index (χ3v) is 5.10. The number of rotatable bonds is 3. The summed E-state index contributed by atoms with van der Waals surface area (Å²) in [7, 11) is -4.03. The van der Waals surface area contributed by atoms with Crippen LogP contribution in [0.4, 0.5) is 8.78 Å². The lowest BCUT2D eigenvalue weighted by molar-refractivity contribution is -0.122.